The lowest BCUT2D eigenvalue weighted by atomic mass is 10.2. The van der Waals surface area contributed by atoms with Crippen molar-refractivity contribution in [2.75, 3.05) is 13.1 Å². The van der Waals surface area contributed by atoms with Crippen LogP contribution in [0.15, 0.2) is 0 Å². The topological polar surface area (TPSA) is 66.5 Å². The Labute approximate surface area is 71.9 Å². The van der Waals surface area contributed by atoms with Gasteiger partial charge in [0, 0.05) is 13.1 Å². The lowest BCUT2D eigenvalue weighted by Gasteiger charge is -2.24. The number of carbonyl (C=O) groups is 1. The fraction of sp³-hybridized carbons (Fsp3) is 0.833. The van der Waals surface area contributed by atoms with Crippen LogP contribution in [0.25, 0.3) is 0 Å². The first-order valence-corrected chi connectivity index (χ1v) is 5.32. The van der Waals surface area contributed by atoms with E-state index in [9.17, 15) is 13.2 Å². The minimum Gasteiger partial charge on any atom is -0.278 e. The van der Waals surface area contributed by atoms with Gasteiger partial charge >= 0.3 is 10.2 Å². The van der Waals surface area contributed by atoms with Gasteiger partial charge in [-0.25, -0.2) is 4.72 Å². The van der Waals surface area contributed by atoms with E-state index in [4.69, 9.17) is 0 Å². The first kappa shape index (κ1) is 9.47. The molecule has 0 aromatic heterocycles. The average molecular weight is 192 g/mol. The Morgan fingerprint density at radius 1 is 1.17 bits per heavy atom. The standard InChI is InChI=1S/C6H12N2O3S/c9-6-7-12(10,11)8-4-2-1-3-5-8/h6H,1-5H2,(H,7,9). The SMILES string of the molecule is O=CNS(=O)(=O)N1CCCCC1. The van der Waals surface area contributed by atoms with Crippen molar-refractivity contribution in [1.82, 2.24) is 9.03 Å². The highest BCUT2D eigenvalue weighted by molar-refractivity contribution is 7.87. The van der Waals surface area contributed by atoms with Gasteiger partial charge in [0.2, 0.25) is 6.41 Å². The van der Waals surface area contributed by atoms with Gasteiger partial charge < -0.3 is 0 Å². The fourth-order valence-corrected chi connectivity index (χ4v) is 2.25. The molecule has 0 saturated carbocycles. The lowest BCUT2D eigenvalue weighted by Crippen LogP contribution is -2.42. The first-order chi connectivity index (χ1) is 5.67. The third-order valence-electron chi connectivity index (χ3n) is 1.85. The molecule has 1 saturated heterocycles. The number of hydrogen-bond acceptors (Lipinski definition) is 3. The number of nitrogens with zero attached hydrogens (tertiary/aromatic N) is 1. The molecular formula is C6H12N2O3S. The Balaban J connectivity index is 2.60. The number of hydrogen-bond donors (Lipinski definition) is 1. The van der Waals surface area contributed by atoms with Gasteiger partial charge in [0.15, 0.2) is 0 Å². The fourth-order valence-electron chi connectivity index (χ4n) is 1.24. The molecule has 1 aliphatic rings. The van der Waals surface area contributed by atoms with Crippen LogP contribution < -0.4 is 4.72 Å². The number of piperidine rings is 1. The van der Waals surface area contributed by atoms with Gasteiger partial charge in [-0.15, -0.1) is 0 Å². The van der Waals surface area contributed by atoms with Gasteiger partial charge in [0.25, 0.3) is 0 Å². The summed E-state index contributed by atoms with van der Waals surface area (Å²) < 4.78 is 25.4. The van der Waals surface area contributed by atoms with Crippen LogP contribution in [0, 0.1) is 0 Å². The minimum atomic E-state index is -3.52. The number of nitrogens with one attached hydrogen (secondary N) is 1. The third-order valence-corrected chi connectivity index (χ3v) is 3.29. The molecule has 1 heterocycles. The Morgan fingerprint density at radius 2 is 1.75 bits per heavy atom. The minimum absolute atomic E-state index is 0.198. The van der Waals surface area contributed by atoms with Crippen LogP contribution in [-0.2, 0) is 15.0 Å². The molecule has 0 bridgehead atoms. The maximum Gasteiger partial charge on any atom is 0.303 e. The molecule has 0 radical (unpaired) electrons. The molecule has 1 aliphatic heterocycles. The van der Waals surface area contributed by atoms with Crippen LogP contribution >= 0.6 is 0 Å². The highest BCUT2D eigenvalue weighted by Gasteiger charge is 2.22. The molecule has 0 spiro atoms. The van der Waals surface area contributed by atoms with E-state index in [1.54, 1.807) is 0 Å². The summed E-state index contributed by atoms with van der Waals surface area (Å²) >= 11 is 0. The molecule has 0 aliphatic carbocycles. The van der Waals surface area contributed by atoms with Crippen molar-refractivity contribution < 1.29 is 13.2 Å². The monoisotopic (exact) mass is 192 g/mol. The second-order valence-electron chi connectivity index (χ2n) is 2.70. The summed E-state index contributed by atoms with van der Waals surface area (Å²) in [7, 11) is -3.52. The normalized spacial score (nSPS) is 20.3. The van der Waals surface area contributed by atoms with E-state index in [2.05, 4.69) is 0 Å². The van der Waals surface area contributed by atoms with E-state index in [-0.39, 0.29) is 6.41 Å². The smallest absolute Gasteiger partial charge is 0.278 e. The van der Waals surface area contributed by atoms with Gasteiger partial charge in [-0.05, 0) is 12.8 Å². The van der Waals surface area contributed by atoms with E-state index >= 15 is 0 Å². The zero-order valence-corrected chi connectivity index (χ0v) is 7.51. The van der Waals surface area contributed by atoms with E-state index in [1.165, 1.54) is 4.31 Å². The summed E-state index contributed by atoms with van der Waals surface area (Å²) in [5.74, 6) is 0. The maximum atomic E-state index is 11.2. The number of rotatable bonds is 3. The van der Waals surface area contributed by atoms with Crippen molar-refractivity contribution in [1.29, 1.82) is 0 Å². The Kier molecular flexibility index (Phi) is 3.05. The molecule has 0 aromatic carbocycles. The van der Waals surface area contributed by atoms with Crippen molar-refractivity contribution >= 4 is 16.6 Å². The van der Waals surface area contributed by atoms with Gasteiger partial charge in [0.05, 0.1) is 0 Å². The highest BCUT2D eigenvalue weighted by Crippen LogP contribution is 2.10. The van der Waals surface area contributed by atoms with Crippen LogP contribution in [0.3, 0.4) is 0 Å². The Bertz CT molecular complexity index is 244. The van der Waals surface area contributed by atoms with Gasteiger partial charge in [0.1, 0.15) is 0 Å². The summed E-state index contributed by atoms with van der Waals surface area (Å²) in [5, 5.41) is 0. The van der Waals surface area contributed by atoms with E-state index in [0.717, 1.165) is 19.3 Å². The molecule has 1 fully saturated rings. The van der Waals surface area contributed by atoms with Crippen LogP contribution in [0.4, 0.5) is 0 Å². The van der Waals surface area contributed by atoms with Crippen LogP contribution in [0.1, 0.15) is 19.3 Å². The molecule has 6 heteroatoms. The Morgan fingerprint density at radius 3 is 2.25 bits per heavy atom. The van der Waals surface area contributed by atoms with E-state index in [1.807, 2.05) is 4.72 Å². The Hall–Kier alpha value is -0.620. The molecule has 0 atom stereocenters. The van der Waals surface area contributed by atoms with Crippen molar-refractivity contribution in [3.05, 3.63) is 0 Å². The zero-order valence-electron chi connectivity index (χ0n) is 6.69. The van der Waals surface area contributed by atoms with Crippen molar-refractivity contribution in [2.45, 2.75) is 19.3 Å². The predicted octanol–water partition coefficient (Wildman–Crippen LogP) is -0.537. The summed E-state index contributed by atoms with van der Waals surface area (Å²) in [6, 6.07) is 0. The van der Waals surface area contributed by atoms with Crippen LogP contribution in [-0.4, -0.2) is 32.2 Å². The van der Waals surface area contributed by atoms with Crippen molar-refractivity contribution in [2.24, 2.45) is 0 Å². The molecule has 12 heavy (non-hydrogen) atoms. The summed E-state index contributed by atoms with van der Waals surface area (Å²) in [4.78, 5) is 9.95. The second-order valence-corrected chi connectivity index (χ2v) is 4.40. The molecular weight excluding hydrogens is 180 g/mol. The molecule has 1 amide bonds. The molecule has 70 valence electrons. The predicted molar refractivity (Wildman–Crippen MR) is 43.5 cm³/mol. The van der Waals surface area contributed by atoms with Crippen molar-refractivity contribution in [3.63, 3.8) is 0 Å². The molecule has 1 N–H and O–H groups in total. The molecule has 0 unspecified atom stereocenters. The van der Waals surface area contributed by atoms with E-state index < -0.39 is 10.2 Å². The summed E-state index contributed by atoms with van der Waals surface area (Å²) in [6.45, 7) is 1.03. The van der Waals surface area contributed by atoms with Gasteiger partial charge in [-0.3, -0.25) is 4.79 Å². The summed E-state index contributed by atoms with van der Waals surface area (Å²) in [5.41, 5.74) is 0. The van der Waals surface area contributed by atoms with E-state index in [0.29, 0.717) is 13.1 Å². The quantitative estimate of drug-likeness (QED) is 0.611. The van der Waals surface area contributed by atoms with Gasteiger partial charge in [-0.1, -0.05) is 6.42 Å². The van der Waals surface area contributed by atoms with Gasteiger partial charge in [-0.2, -0.15) is 12.7 Å². The largest absolute Gasteiger partial charge is 0.303 e. The second kappa shape index (κ2) is 3.86. The molecule has 0 aromatic rings. The lowest BCUT2D eigenvalue weighted by molar-refractivity contribution is -0.108. The first-order valence-electron chi connectivity index (χ1n) is 3.88. The molecule has 1 rings (SSSR count). The third kappa shape index (κ3) is 2.18. The average Bonchev–Trinajstić information content (AvgIpc) is 2.06. The van der Waals surface area contributed by atoms with Crippen LogP contribution in [0.5, 0.6) is 0 Å². The zero-order chi connectivity index (χ0) is 9.03. The summed E-state index contributed by atoms with van der Waals surface area (Å²) in [6.07, 6.45) is 3.01. The highest BCUT2D eigenvalue weighted by atomic mass is 32.2. The van der Waals surface area contributed by atoms with Crippen molar-refractivity contribution in [3.8, 4) is 0 Å². The molecule has 5 nitrogen and oxygen atoms in total. The number of amides is 1. The number of carbonyl (C=O) groups excluding carboxylic acids is 1. The maximum absolute atomic E-state index is 11.2. The van der Waals surface area contributed by atoms with Crippen LogP contribution in [0.2, 0.25) is 0 Å².